The summed E-state index contributed by atoms with van der Waals surface area (Å²) in [5.41, 5.74) is 5.38. The van der Waals surface area contributed by atoms with Crippen molar-refractivity contribution in [3.05, 3.63) is 70.4 Å². The zero-order valence-electron chi connectivity index (χ0n) is 15.2. The highest BCUT2D eigenvalue weighted by atomic mass is 19.1. The van der Waals surface area contributed by atoms with Crippen molar-refractivity contribution in [3.63, 3.8) is 0 Å². The summed E-state index contributed by atoms with van der Waals surface area (Å²) in [6.45, 7) is 6.36. The first-order chi connectivity index (χ1) is 12.5. The van der Waals surface area contributed by atoms with Crippen LogP contribution in [0.25, 0.3) is 17.0 Å². The smallest absolute Gasteiger partial charge is 0.244 e. The monoisotopic (exact) mass is 351 g/mol. The number of hydrogen-bond donors (Lipinski definition) is 2. The first kappa shape index (κ1) is 17.9. The van der Waals surface area contributed by atoms with Crippen LogP contribution in [0, 0.1) is 26.6 Å². The highest BCUT2D eigenvalue weighted by molar-refractivity contribution is 5.91. The molecule has 1 amide bonds. The van der Waals surface area contributed by atoms with Gasteiger partial charge in [-0.25, -0.2) is 4.39 Å². The number of hydrogen-bond acceptors (Lipinski definition) is 2. The number of H-pyrrole nitrogens is 1. The molecule has 0 spiro atoms. The lowest BCUT2D eigenvalue weighted by atomic mass is 10.0. The summed E-state index contributed by atoms with van der Waals surface area (Å²) in [5, 5.41) is 3.78. The van der Waals surface area contributed by atoms with Crippen molar-refractivity contribution in [3.8, 4) is 0 Å². The standard InChI is InChI=1S/C21H22FN3O/c1-13-8-10-23-16(12-13)5-7-19(26)24-11-9-17-15(3)25-21-18(22)6-4-14(2)20(17)21/h4-8,10,12,25H,9,11H2,1-3H3,(H,24,26)/b7-5+. The molecule has 0 bridgehead atoms. The molecule has 2 N–H and O–H groups in total. The van der Waals surface area contributed by atoms with Crippen molar-refractivity contribution in [1.29, 1.82) is 0 Å². The number of amides is 1. The minimum atomic E-state index is -0.252. The number of rotatable bonds is 5. The van der Waals surface area contributed by atoms with Gasteiger partial charge in [0.25, 0.3) is 0 Å². The molecule has 0 fully saturated rings. The predicted molar refractivity (Wildman–Crippen MR) is 102 cm³/mol. The van der Waals surface area contributed by atoms with Crippen LogP contribution in [0.1, 0.15) is 28.1 Å². The average molecular weight is 351 g/mol. The molecule has 0 unspecified atom stereocenters. The van der Waals surface area contributed by atoms with E-state index in [-0.39, 0.29) is 11.7 Å². The number of aryl methyl sites for hydroxylation is 3. The van der Waals surface area contributed by atoms with E-state index in [1.807, 2.05) is 32.9 Å². The van der Waals surface area contributed by atoms with E-state index in [1.54, 1.807) is 18.3 Å². The molecular weight excluding hydrogens is 329 g/mol. The van der Waals surface area contributed by atoms with Crippen LogP contribution in [-0.2, 0) is 11.2 Å². The molecule has 2 aromatic heterocycles. The lowest BCUT2D eigenvalue weighted by Gasteiger charge is -2.05. The largest absolute Gasteiger partial charge is 0.356 e. The third-order valence-corrected chi connectivity index (χ3v) is 4.45. The maximum atomic E-state index is 14.0. The number of halogens is 1. The molecule has 4 nitrogen and oxygen atoms in total. The molecule has 2 heterocycles. The second kappa shape index (κ2) is 7.52. The van der Waals surface area contributed by atoms with E-state index < -0.39 is 0 Å². The lowest BCUT2D eigenvalue weighted by molar-refractivity contribution is -0.116. The maximum Gasteiger partial charge on any atom is 0.244 e. The van der Waals surface area contributed by atoms with Crippen molar-refractivity contribution in [1.82, 2.24) is 15.3 Å². The third kappa shape index (κ3) is 3.82. The Morgan fingerprint density at radius 2 is 2.08 bits per heavy atom. The Bertz CT molecular complexity index is 988. The average Bonchev–Trinajstić information content (AvgIpc) is 2.94. The fourth-order valence-corrected chi connectivity index (χ4v) is 3.14. The van der Waals surface area contributed by atoms with Gasteiger partial charge in [0.15, 0.2) is 0 Å². The summed E-state index contributed by atoms with van der Waals surface area (Å²) in [6.07, 6.45) is 5.53. The second-order valence-electron chi connectivity index (χ2n) is 6.48. The Morgan fingerprint density at radius 1 is 1.27 bits per heavy atom. The molecule has 26 heavy (non-hydrogen) atoms. The molecule has 134 valence electrons. The van der Waals surface area contributed by atoms with Gasteiger partial charge < -0.3 is 10.3 Å². The first-order valence-electron chi connectivity index (χ1n) is 8.60. The number of nitrogens with zero attached hydrogens (tertiary/aromatic N) is 1. The van der Waals surface area contributed by atoms with E-state index in [9.17, 15) is 9.18 Å². The summed E-state index contributed by atoms with van der Waals surface area (Å²) in [5.74, 6) is -0.425. The lowest BCUT2D eigenvalue weighted by Crippen LogP contribution is -2.23. The summed E-state index contributed by atoms with van der Waals surface area (Å²) in [4.78, 5) is 19.3. The van der Waals surface area contributed by atoms with Gasteiger partial charge in [-0.05, 0) is 68.2 Å². The fourth-order valence-electron chi connectivity index (χ4n) is 3.14. The molecule has 0 aliphatic heterocycles. The quantitative estimate of drug-likeness (QED) is 0.683. The zero-order valence-corrected chi connectivity index (χ0v) is 15.2. The van der Waals surface area contributed by atoms with Crippen molar-refractivity contribution >= 4 is 22.9 Å². The van der Waals surface area contributed by atoms with Crippen LogP contribution in [0.5, 0.6) is 0 Å². The minimum Gasteiger partial charge on any atom is -0.356 e. The highest BCUT2D eigenvalue weighted by Gasteiger charge is 2.13. The Kier molecular flexibility index (Phi) is 5.16. The molecule has 3 aromatic rings. The van der Waals surface area contributed by atoms with E-state index in [2.05, 4.69) is 15.3 Å². The van der Waals surface area contributed by atoms with Gasteiger partial charge in [0, 0.05) is 29.9 Å². The van der Waals surface area contributed by atoms with Crippen LogP contribution in [0.3, 0.4) is 0 Å². The van der Waals surface area contributed by atoms with Crippen molar-refractivity contribution < 1.29 is 9.18 Å². The first-order valence-corrected chi connectivity index (χ1v) is 8.60. The molecule has 0 aliphatic carbocycles. The molecule has 0 saturated heterocycles. The number of nitrogens with one attached hydrogen (secondary N) is 2. The van der Waals surface area contributed by atoms with Gasteiger partial charge in [0.05, 0.1) is 11.2 Å². The predicted octanol–water partition coefficient (Wildman–Crippen LogP) is 4.00. The summed E-state index contributed by atoms with van der Waals surface area (Å²) < 4.78 is 14.0. The highest BCUT2D eigenvalue weighted by Crippen LogP contribution is 2.27. The van der Waals surface area contributed by atoms with Gasteiger partial charge in [-0.15, -0.1) is 0 Å². The Labute approximate surface area is 152 Å². The van der Waals surface area contributed by atoms with Crippen LogP contribution < -0.4 is 5.32 Å². The summed E-state index contributed by atoms with van der Waals surface area (Å²) >= 11 is 0. The van der Waals surface area contributed by atoms with E-state index >= 15 is 0 Å². The van der Waals surface area contributed by atoms with Crippen molar-refractivity contribution in [2.45, 2.75) is 27.2 Å². The molecule has 0 saturated carbocycles. The van der Waals surface area contributed by atoms with E-state index in [0.29, 0.717) is 18.5 Å². The van der Waals surface area contributed by atoms with Gasteiger partial charge in [-0.1, -0.05) is 6.07 Å². The Morgan fingerprint density at radius 3 is 2.85 bits per heavy atom. The molecule has 3 rings (SSSR count). The van der Waals surface area contributed by atoms with Crippen molar-refractivity contribution in [2.75, 3.05) is 6.54 Å². The molecular formula is C21H22FN3O. The van der Waals surface area contributed by atoms with Gasteiger partial charge >= 0.3 is 0 Å². The number of aromatic nitrogens is 2. The number of fused-ring (bicyclic) bond motifs is 1. The van der Waals surface area contributed by atoms with Crippen LogP contribution >= 0.6 is 0 Å². The Balaban J connectivity index is 1.65. The molecule has 0 atom stereocenters. The zero-order chi connectivity index (χ0) is 18.7. The van der Waals surface area contributed by atoms with Crippen LogP contribution in [0.15, 0.2) is 36.5 Å². The molecule has 5 heteroatoms. The fraction of sp³-hybridized carbons (Fsp3) is 0.238. The topological polar surface area (TPSA) is 57.8 Å². The van der Waals surface area contributed by atoms with E-state index in [1.165, 1.54) is 12.1 Å². The SMILES string of the molecule is Cc1ccnc(/C=C/C(=O)NCCc2c(C)[nH]c3c(F)ccc(C)c23)c1. The third-order valence-electron chi connectivity index (χ3n) is 4.45. The van der Waals surface area contributed by atoms with E-state index in [0.717, 1.165) is 33.5 Å². The van der Waals surface area contributed by atoms with Gasteiger partial charge in [0.2, 0.25) is 5.91 Å². The number of pyridine rings is 1. The maximum absolute atomic E-state index is 14.0. The normalized spacial score (nSPS) is 11.4. The van der Waals surface area contributed by atoms with Gasteiger partial charge in [-0.3, -0.25) is 9.78 Å². The molecule has 1 aromatic carbocycles. The molecule has 0 aliphatic rings. The van der Waals surface area contributed by atoms with Crippen LogP contribution in [0.4, 0.5) is 4.39 Å². The molecule has 0 radical (unpaired) electrons. The number of aromatic amines is 1. The van der Waals surface area contributed by atoms with Crippen LogP contribution in [-0.4, -0.2) is 22.4 Å². The van der Waals surface area contributed by atoms with E-state index in [4.69, 9.17) is 0 Å². The van der Waals surface area contributed by atoms with Gasteiger partial charge in [0.1, 0.15) is 5.82 Å². The van der Waals surface area contributed by atoms with Crippen molar-refractivity contribution in [2.24, 2.45) is 0 Å². The number of carbonyl (C=O) groups is 1. The van der Waals surface area contributed by atoms with Crippen LogP contribution in [0.2, 0.25) is 0 Å². The Hall–Kier alpha value is -2.95. The number of carbonyl (C=O) groups excluding carboxylic acids is 1. The summed E-state index contributed by atoms with van der Waals surface area (Å²) in [6, 6.07) is 7.08. The second-order valence-corrected chi connectivity index (χ2v) is 6.48. The van der Waals surface area contributed by atoms with Gasteiger partial charge in [-0.2, -0.15) is 0 Å². The minimum absolute atomic E-state index is 0.172. The summed E-state index contributed by atoms with van der Waals surface area (Å²) in [7, 11) is 0. The number of benzene rings is 1.